The first-order valence-corrected chi connectivity index (χ1v) is 22.7. The Labute approximate surface area is 385 Å². The first kappa shape index (κ1) is 38.9. The van der Waals surface area contributed by atoms with E-state index in [0.29, 0.717) is 0 Å². The molecule has 66 heavy (non-hydrogen) atoms. The van der Waals surface area contributed by atoms with Gasteiger partial charge in [0.1, 0.15) is 0 Å². The topological polar surface area (TPSA) is 8.17 Å². The lowest BCUT2D eigenvalue weighted by atomic mass is 9.94. The molecular formula is C64H44N2. The van der Waals surface area contributed by atoms with E-state index in [-0.39, 0.29) is 0 Å². The molecule has 12 rings (SSSR count). The number of nitrogens with zero attached hydrogens (tertiary/aromatic N) is 2. The number of hydrogen-bond donors (Lipinski definition) is 0. The molecule has 0 aliphatic heterocycles. The van der Waals surface area contributed by atoms with Crippen LogP contribution in [0.25, 0.3) is 93.9 Å². The summed E-state index contributed by atoms with van der Waals surface area (Å²) >= 11 is 0. The van der Waals surface area contributed by atoms with Crippen molar-refractivity contribution >= 4 is 49.6 Å². The van der Waals surface area contributed by atoms with E-state index in [9.17, 15) is 0 Å². The van der Waals surface area contributed by atoms with Gasteiger partial charge in [0.25, 0.3) is 0 Å². The van der Waals surface area contributed by atoms with E-state index >= 15 is 0 Å². The molecule has 0 saturated heterocycles. The number of fused-ring (bicyclic) bond motifs is 4. The number of rotatable bonds is 9. The van der Waals surface area contributed by atoms with Crippen molar-refractivity contribution in [1.29, 1.82) is 0 Å². The van der Waals surface area contributed by atoms with Crippen LogP contribution in [0.2, 0.25) is 0 Å². The molecule has 0 aliphatic carbocycles. The maximum atomic E-state index is 2.42. The molecule has 2 nitrogen and oxygen atoms in total. The summed E-state index contributed by atoms with van der Waals surface area (Å²) in [5, 5.41) is 4.90. The fourth-order valence-electron chi connectivity index (χ4n) is 9.82. The summed E-state index contributed by atoms with van der Waals surface area (Å²) < 4.78 is 2.42. The molecule has 0 N–H and O–H groups in total. The van der Waals surface area contributed by atoms with E-state index in [1.165, 1.54) is 77.1 Å². The number of anilines is 3. The van der Waals surface area contributed by atoms with Gasteiger partial charge in [-0.1, -0.05) is 218 Å². The van der Waals surface area contributed by atoms with Crippen LogP contribution in [0.15, 0.2) is 267 Å². The van der Waals surface area contributed by atoms with Gasteiger partial charge in [-0.15, -0.1) is 0 Å². The molecule has 1 aromatic heterocycles. The lowest BCUT2D eigenvalue weighted by Crippen LogP contribution is -2.11. The number of hydrogen-bond acceptors (Lipinski definition) is 1. The average molecular weight is 841 g/mol. The predicted octanol–water partition coefficient (Wildman–Crippen LogP) is 17.7. The third-order valence-corrected chi connectivity index (χ3v) is 13.0. The van der Waals surface area contributed by atoms with Gasteiger partial charge < -0.3 is 9.47 Å². The molecular weight excluding hydrogens is 797 g/mol. The van der Waals surface area contributed by atoms with Crippen LogP contribution in [-0.4, -0.2) is 4.57 Å². The Hall–Kier alpha value is -8.72. The standard InChI is InChI=1S/C64H44N2/c1-3-16-45(17-4-1)46-34-39-53(40-35-46)65(62-29-15-21-49-20-7-8-24-57(49)62)61-27-13-11-25-58(61)51-32-30-47(31-33-51)52-38-43-60-59-26-12-14-28-63(59)66(64(60)44-52)54-41-36-50(37-42-54)56-23-10-9-22-55(56)48-18-5-2-6-19-48/h1-44H. The van der Waals surface area contributed by atoms with Crippen LogP contribution in [0, 0.1) is 0 Å². The van der Waals surface area contributed by atoms with E-state index < -0.39 is 0 Å². The van der Waals surface area contributed by atoms with Crippen molar-refractivity contribution in [3.63, 3.8) is 0 Å². The van der Waals surface area contributed by atoms with Crippen molar-refractivity contribution in [2.75, 3.05) is 4.90 Å². The fourth-order valence-corrected chi connectivity index (χ4v) is 9.82. The van der Waals surface area contributed by atoms with Gasteiger partial charge >= 0.3 is 0 Å². The Morgan fingerprint density at radius 1 is 0.258 bits per heavy atom. The Kier molecular flexibility index (Phi) is 9.89. The average Bonchev–Trinajstić information content (AvgIpc) is 3.73. The maximum Gasteiger partial charge on any atom is 0.0547 e. The zero-order chi connectivity index (χ0) is 43.8. The normalized spacial score (nSPS) is 11.3. The lowest BCUT2D eigenvalue weighted by Gasteiger charge is -2.29. The molecule has 11 aromatic carbocycles. The Bertz CT molecular complexity index is 3660. The predicted molar refractivity (Wildman–Crippen MR) is 280 cm³/mol. The minimum absolute atomic E-state index is 1.10. The SMILES string of the molecule is c1ccc(-c2ccc(N(c3ccccc3-c3ccc(-c4ccc5c6ccccc6n(-c6ccc(-c7ccccc7-c7ccccc7)cc6)c5c4)cc3)c3cccc4ccccc34)cc2)cc1. The third kappa shape index (κ3) is 7.02. The summed E-state index contributed by atoms with van der Waals surface area (Å²) in [6.45, 7) is 0. The highest BCUT2D eigenvalue weighted by Gasteiger charge is 2.20. The Balaban J connectivity index is 0.920. The summed E-state index contributed by atoms with van der Waals surface area (Å²) in [6.07, 6.45) is 0. The summed E-state index contributed by atoms with van der Waals surface area (Å²) in [4.78, 5) is 2.42. The highest BCUT2D eigenvalue weighted by atomic mass is 15.1. The zero-order valence-electron chi connectivity index (χ0n) is 36.3. The molecule has 1 heterocycles. The third-order valence-electron chi connectivity index (χ3n) is 13.0. The second-order valence-electron chi connectivity index (χ2n) is 16.9. The molecule has 12 aromatic rings. The molecule has 2 heteroatoms. The second-order valence-corrected chi connectivity index (χ2v) is 16.9. The molecule has 0 bridgehead atoms. The van der Waals surface area contributed by atoms with Crippen LogP contribution < -0.4 is 4.90 Å². The van der Waals surface area contributed by atoms with Crippen LogP contribution in [-0.2, 0) is 0 Å². The Morgan fingerprint density at radius 2 is 0.712 bits per heavy atom. The zero-order valence-corrected chi connectivity index (χ0v) is 36.3. The quantitative estimate of drug-likeness (QED) is 0.141. The number of benzene rings is 11. The fraction of sp³-hybridized carbons (Fsp3) is 0. The minimum Gasteiger partial charge on any atom is -0.309 e. The summed E-state index contributed by atoms with van der Waals surface area (Å²) in [6, 6.07) is 96.8. The molecule has 0 fully saturated rings. The number of para-hydroxylation sites is 2. The van der Waals surface area contributed by atoms with Gasteiger partial charge in [0, 0.05) is 33.1 Å². The molecule has 0 spiro atoms. The van der Waals surface area contributed by atoms with Crippen LogP contribution in [0.5, 0.6) is 0 Å². The van der Waals surface area contributed by atoms with Crippen LogP contribution in [0.3, 0.4) is 0 Å². The first-order chi connectivity index (χ1) is 32.7. The van der Waals surface area contributed by atoms with Crippen molar-refractivity contribution in [3.05, 3.63) is 267 Å². The van der Waals surface area contributed by atoms with E-state index in [2.05, 4.69) is 276 Å². The maximum absolute atomic E-state index is 2.42. The van der Waals surface area contributed by atoms with Gasteiger partial charge in [0.2, 0.25) is 0 Å². The van der Waals surface area contributed by atoms with E-state index in [1.54, 1.807) is 0 Å². The van der Waals surface area contributed by atoms with Gasteiger partial charge in [-0.25, -0.2) is 0 Å². The Morgan fingerprint density at radius 3 is 1.45 bits per heavy atom. The lowest BCUT2D eigenvalue weighted by molar-refractivity contribution is 1.18. The molecule has 0 amide bonds. The first-order valence-electron chi connectivity index (χ1n) is 22.7. The van der Waals surface area contributed by atoms with Crippen molar-refractivity contribution in [1.82, 2.24) is 4.57 Å². The second kappa shape index (κ2) is 16.8. The summed E-state index contributed by atoms with van der Waals surface area (Å²) in [5.74, 6) is 0. The monoisotopic (exact) mass is 840 g/mol. The number of aromatic nitrogens is 1. The van der Waals surface area contributed by atoms with E-state index in [4.69, 9.17) is 0 Å². The van der Waals surface area contributed by atoms with Gasteiger partial charge in [-0.05, 0) is 104 Å². The molecule has 310 valence electrons. The minimum atomic E-state index is 1.10. The smallest absolute Gasteiger partial charge is 0.0547 e. The van der Waals surface area contributed by atoms with Crippen LogP contribution in [0.1, 0.15) is 0 Å². The summed E-state index contributed by atoms with van der Waals surface area (Å²) in [5.41, 5.74) is 18.8. The molecule has 0 aliphatic rings. The van der Waals surface area contributed by atoms with E-state index in [1.807, 2.05) is 0 Å². The van der Waals surface area contributed by atoms with Crippen molar-refractivity contribution in [2.45, 2.75) is 0 Å². The molecule has 0 atom stereocenters. The van der Waals surface area contributed by atoms with Gasteiger partial charge in [-0.2, -0.15) is 0 Å². The molecule has 0 unspecified atom stereocenters. The van der Waals surface area contributed by atoms with Gasteiger partial charge in [0.15, 0.2) is 0 Å². The highest BCUT2D eigenvalue weighted by Crippen LogP contribution is 2.44. The summed E-state index contributed by atoms with van der Waals surface area (Å²) in [7, 11) is 0. The largest absolute Gasteiger partial charge is 0.309 e. The van der Waals surface area contributed by atoms with Crippen molar-refractivity contribution < 1.29 is 0 Å². The van der Waals surface area contributed by atoms with Crippen molar-refractivity contribution in [2.24, 2.45) is 0 Å². The van der Waals surface area contributed by atoms with Crippen LogP contribution >= 0.6 is 0 Å². The molecule has 0 radical (unpaired) electrons. The van der Waals surface area contributed by atoms with Gasteiger partial charge in [0.05, 0.1) is 22.4 Å². The highest BCUT2D eigenvalue weighted by molar-refractivity contribution is 6.10. The van der Waals surface area contributed by atoms with Crippen LogP contribution in [0.4, 0.5) is 17.1 Å². The van der Waals surface area contributed by atoms with Crippen molar-refractivity contribution in [3.8, 4) is 61.3 Å². The molecule has 0 saturated carbocycles. The van der Waals surface area contributed by atoms with E-state index in [0.717, 1.165) is 33.9 Å². The van der Waals surface area contributed by atoms with Gasteiger partial charge in [-0.3, -0.25) is 0 Å².